The van der Waals surface area contributed by atoms with Crippen LogP contribution in [0, 0.1) is 12.7 Å². The molecule has 3 aromatic rings. The average Bonchev–Trinajstić information content (AvgIpc) is 3.04. The number of halogens is 1. The number of aromatic nitrogens is 2. The number of benzene rings is 1. The Labute approximate surface area is 129 Å². The quantitative estimate of drug-likeness (QED) is 0.663. The van der Waals surface area contributed by atoms with E-state index in [9.17, 15) is 17.6 Å². The van der Waals surface area contributed by atoms with Crippen molar-refractivity contribution in [1.82, 2.24) is 10.2 Å². The van der Waals surface area contributed by atoms with Gasteiger partial charge in [0.1, 0.15) is 17.1 Å². The van der Waals surface area contributed by atoms with Crippen LogP contribution in [0.2, 0.25) is 0 Å². The molecule has 0 radical (unpaired) electrons. The van der Waals surface area contributed by atoms with Crippen LogP contribution in [0.15, 0.2) is 33.8 Å². The Balaban J connectivity index is 2.02. The first kappa shape index (κ1) is 15.0. The molecular weight excluding hydrogens is 327 g/mol. The van der Waals surface area contributed by atoms with Crippen molar-refractivity contribution < 1.29 is 22.0 Å². The number of nitrogens with two attached hydrogens (primary N) is 1. The van der Waals surface area contributed by atoms with Crippen LogP contribution in [0.4, 0.5) is 10.2 Å². The Morgan fingerprint density at radius 1 is 1.39 bits per heavy atom. The summed E-state index contributed by atoms with van der Waals surface area (Å²) in [6.45, 7) is 1.50. The van der Waals surface area contributed by atoms with Crippen LogP contribution in [0.1, 0.15) is 16.1 Å². The molecule has 2 aromatic heterocycles. The molecule has 0 saturated heterocycles. The fourth-order valence-electron chi connectivity index (χ4n) is 2.11. The van der Waals surface area contributed by atoms with Gasteiger partial charge in [0.05, 0.1) is 0 Å². The molecule has 3 rings (SSSR count). The highest BCUT2D eigenvalue weighted by molar-refractivity contribution is 7.92. The fraction of sp³-hybridized carbons (Fsp3) is 0.0769. The zero-order chi connectivity index (χ0) is 16.8. The minimum Gasteiger partial charge on any atom is -0.442 e. The van der Waals surface area contributed by atoms with Gasteiger partial charge in [-0.3, -0.25) is 14.6 Å². The van der Waals surface area contributed by atoms with Crippen LogP contribution in [-0.4, -0.2) is 24.5 Å². The molecule has 0 aliphatic heterocycles. The molecule has 0 fully saturated rings. The van der Waals surface area contributed by atoms with Crippen molar-refractivity contribution in [2.45, 2.75) is 12.0 Å². The molecule has 120 valence electrons. The standard InChI is InChI=1S/C13H11FN4O4S/c1-6-8-4-7(14)2-3-10(8)22-13(6)23(20,21)18-11-5-9(12(15)19)16-17-11/h2-5H,1H3,(H2,15,19)(H2,16,17,18). The summed E-state index contributed by atoms with van der Waals surface area (Å²) in [6, 6.07) is 4.85. The molecule has 0 aliphatic carbocycles. The Kier molecular flexibility index (Phi) is 3.33. The smallest absolute Gasteiger partial charge is 0.296 e. The van der Waals surface area contributed by atoms with E-state index in [2.05, 4.69) is 14.9 Å². The topological polar surface area (TPSA) is 131 Å². The van der Waals surface area contributed by atoms with Gasteiger partial charge in [-0.15, -0.1) is 0 Å². The van der Waals surface area contributed by atoms with Gasteiger partial charge in [-0.1, -0.05) is 0 Å². The number of anilines is 1. The van der Waals surface area contributed by atoms with Gasteiger partial charge in [-0.25, -0.2) is 4.39 Å². The van der Waals surface area contributed by atoms with Gasteiger partial charge in [0, 0.05) is 17.0 Å². The molecule has 10 heteroatoms. The highest BCUT2D eigenvalue weighted by Crippen LogP contribution is 2.30. The van der Waals surface area contributed by atoms with Crippen molar-refractivity contribution >= 4 is 32.7 Å². The summed E-state index contributed by atoms with van der Waals surface area (Å²) in [6.07, 6.45) is 0. The lowest BCUT2D eigenvalue weighted by atomic mass is 10.2. The summed E-state index contributed by atoms with van der Waals surface area (Å²) < 4.78 is 45.5. The molecule has 1 amide bonds. The Morgan fingerprint density at radius 2 is 2.13 bits per heavy atom. The van der Waals surface area contributed by atoms with Crippen molar-refractivity contribution in [2.75, 3.05) is 4.72 Å². The van der Waals surface area contributed by atoms with E-state index in [0.29, 0.717) is 5.39 Å². The van der Waals surface area contributed by atoms with Gasteiger partial charge in [0.25, 0.3) is 15.9 Å². The maximum atomic E-state index is 13.3. The number of aromatic amines is 1. The molecule has 0 atom stereocenters. The molecule has 0 spiro atoms. The van der Waals surface area contributed by atoms with Crippen LogP contribution in [0.3, 0.4) is 0 Å². The predicted molar refractivity (Wildman–Crippen MR) is 78.8 cm³/mol. The molecule has 4 N–H and O–H groups in total. The largest absolute Gasteiger partial charge is 0.442 e. The Bertz CT molecular complexity index is 1020. The molecule has 1 aromatic carbocycles. The zero-order valence-corrected chi connectivity index (χ0v) is 12.6. The highest BCUT2D eigenvalue weighted by Gasteiger charge is 2.25. The number of rotatable bonds is 4. The molecule has 23 heavy (non-hydrogen) atoms. The van der Waals surface area contributed by atoms with Crippen LogP contribution in [0.5, 0.6) is 0 Å². The van der Waals surface area contributed by atoms with Crippen LogP contribution in [-0.2, 0) is 10.0 Å². The summed E-state index contributed by atoms with van der Waals surface area (Å²) in [5, 5.41) is 5.92. The highest BCUT2D eigenvalue weighted by atomic mass is 32.2. The molecule has 0 bridgehead atoms. The molecule has 0 saturated carbocycles. The first-order valence-electron chi connectivity index (χ1n) is 6.34. The number of hydrogen-bond acceptors (Lipinski definition) is 5. The zero-order valence-electron chi connectivity index (χ0n) is 11.8. The SMILES string of the molecule is Cc1c(S(=O)(=O)Nc2cc(C(N)=O)[nH]n2)oc2ccc(F)cc12. The Hall–Kier alpha value is -2.88. The van der Waals surface area contributed by atoms with Gasteiger partial charge >= 0.3 is 0 Å². The normalized spacial score (nSPS) is 11.7. The first-order chi connectivity index (χ1) is 10.8. The van der Waals surface area contributed by atoms with E-state index in [1.54, 1.807) is 0 Å². The molecule has 2 heterocycles. The minimum absolute atomic E-state index is 0.0499. The lowest BCUT2D eigenvalue weighted by Gasteiger charge is -2.02. The van der Waals surface area contributed by atoms with Crippen molar-refractivity contribution in [1.29, 1.82) is 0 Å². The third-order valence-electron chi connectivity index (χ3n) is 3.18. The number of nitrogens with zero attached hydrogens (tertiary/aromatic N) is 1. The van der Waals surface area contributed by atoms with Crippen LogP contribution in [0.25, 0.3) is 11.0 Å². The van der Waals surface area contributed by atoms with E-state index in [1.807, 2.05) is 0 Å². The molecular formula is C13H11FN4O4S. The van der Waals surface area contributed by atoms with Crippen molar-refractivity contribution in [3.05, 3.63) is 41.3 Å². The van der Waals surface area contributed by atoms with E-state index in [-0.39, 0.29) is 27.8 Å². The summed E-state index contributed by atoms with van der Waals surface area (Å²) in [5.41, 5.74) is 5.50. The number of nitrogens with one attached hydrogen (secondary N) is 2. The van der Waals surface area contributed by atoms with E-state index in [1.165, 1.54) is 25.1 Å². The number of amides is 1. The van der Waals surface area contributed by atoms with Gasteiger partial charge < -0.3 is 10.2 Å². The Morgan fingerprint density at radius 3 is 2.78 bits per heavy atom. The number of sulfonamides is 1. The van der Waals surface area contributed by atoms with E-state index in [4.69, 9.17) is 10.2 Å². The third kappa shape index (κ3) is 2.63. The fourth-order valence-corrected chi connectivity index (χ4v) is 3.30. The van der Waals surface area contributed by atoms with Crippen LogP contribution < -0.4 is 10.5 Å². The van der Waals surface area contributed by atoms with E-state index in [0.717, 1.165) is 6.07 Å². The predicted octanol–water partition coefficient (Wildman–Crippen LogP) is 1.50. The number of carbonyl (C=O) groups excluding carboxylic acids is 1. The van der Waals surface area contributed by atoms with Crippen molar-refractivity contribution in [3.8, 4) is 0 Å². The summed E-state index contributed by atoms with van der Waals surface area (Å²) in [7, 11) is -4.10. The minimum atomic E-state index is -4.10. The number of carbonyl (C=O) groups is 1. The van der Waals surface area contributed by atoms with Gasteiger partial charge in [-0.2, -0.15) is 13.5 Å². The van der Waals surface area contributed by atoms with Gasteiger partial charge in [0.15, 0.2) is 5.82 Å². The van der Waals surface area contributed by atoms with Crippen molar-refractivity contribution in [3.63, 3.8) is 0 Å². The average molecular weight is 338 g/mol. The second kappa shape index (κ2) is 5.09. The molecule has 0 unspecified atom stereocenters. The maximum absolute atomic E-state index is 13.3. The number of H-pyrrole nitrogens is 1. The maximum Gasteiger partial charge on any atom is 0.296 e. The second-order valence-electron chi connectivity index (χ2n) is 4.79. The van der Waals surface area contributed by atoms with E-state index >= 15 is 0 Å². The lowest BCUT2D eigenvalue weighted by Crippen LogP contribution is -2.13. The number of fused-ring (bicyclic) bond motifs is 1. The number of primary amides is 1. The monoisotopic (exact) mass is 338 g/mol. The second-order valence-corrected chi connectivity index (χ2v) is 6.37. The molecule has 0 aliphatic rings. The third-order valence-corrected chi connectivity index (χ3v) is 4.54. The first-order valence-corrected chi connectivity index (χ1v) is 7.83. The molecule has 8 nitrogen and oxygen atoms in total. The van der Waals surface area contributed by atoms with Gasteiger partial charge in [0.2, 0.25) is 5.09 Å². The summed E-state index contributed by atoms with van der Waals surface area (Å²) in [5.74, 6) is -1.40. The van der Waals surface area contributed by atoms with Gasteiger partial charge in [-0.05, 0) is 25.1 Å². The number of hydrogen-bond donors (Lipinski definition) is 3. The summed E-state index contributed by atoms with van der Waals surface area (Å²) in [4.78, 5) is 11.0. The lowest BCUT2D eigenvalue weighted by molar-refractivity contribution is 0.0995. The summed E-state index contributed by atoms with van der Waals surface area (Å²) >= 11 is 0. The van der Waals surface area contributed by atoms with Crippen molar-refractivity contribution in [2.24, 2.45) is 5.73 Å². The number of aryl methyl sites for hydroxylation is 1. The van der Waals surface area contributed by atoms with E-state index < -0.39 is 21.7 Å². The number of furan rings is 1. The van der Waals surface area contributed by atoms with Crippen LogP contribution >= 0.6 is 0 Å².